The Labute approximate surface area is 159 Å². The van der Waals surface area contributed by atoms with Gasteiger partial charge in [0.1, 0.15) is 0 Å². The van der Waals surface area contributed by atoms with Crippen LogP contribution in [0.25, 0.3) is 0 Å². The number of ether oxygens (including phenoxy) is 2. The molecule has 3 rings (SSSR count). The SMILES string of the molecule is CCN1C(=O)CCc2cc(NC(=O)Cc3ccc(OC)c(OC)c3)ccc21. The van der Waals surface area contributed by atoms with Crippen LogP contribution in [-0.4, -0.2) is 32.6 Å². The van der Waals surface area contributed by atoms with Gasteiger partial charge in [-0.2, -0.15) is 0 Å². The molecule has 0 spiro atoms. The molecule has 0 aliphatic carbocycles. The first-order valence-electron chi connectivity index (χ1n) is 8.99. The molecule has 6 heteroatoms. The van der Waals surface area contributed by atoms with Gasteiger partial charge in [-0.3, -0.25) is 9.59 Å². The molecule has 1 aliphatic rings. The fourth-order valence-electron chi connectivity index (χ4n) is 3.37. The summed E-state index contributed by atoms with van der Waals surface area (Å²) < 4.78 is 10.5. The van der Waals surface area contributed by atoms with E-state index in [1.165, 1.54) is 0 Å². The Hall–Kier alpha value is -3.02. The number of rotatable bonds is 6. The molecule has 27 heavy (non-hydrogen) atoms. The number of hydrogen-bond donors (Lipinski definition) is 1. The summed E-state index contributed by atoms with van der Waals surface area (Å²) in [7, 11) is 3.15. The average molecular weight is 368 g/mol. The van der Waals surface area contributed by atoms with Crippen molar-refractivity contribution in [1.82, 2.24) is 0 Å². The molecule has 1 heterocycles. The van der Waals surface area contributed by atoms with Crippen LogP contribution in [0, 0.1) is 0 Å². The van der Waals surface area contributed by atoms with Gasteiger partial charge in [0.15, 0.2) is 11.5 Å². The summed E-state index contributed by atoms with van der Waals surface area (Å²) in [5.41, 5.74) is 3.60. The highest BCUT2D eigenvalue weighted by molar-refractivity contribution is 5.97. The zero-order valence-corrected chi connectivity index (χ0v) is 15.9. The molecule has 0 saturated carbocycles. The van der Waals surface area contributed by atoms with Crippen molar-refractivity contribution in [2.24, 2.45) is 0 Å². The van der Waals surface area contributed by atoms with E-state index in [1.54, 1.807) is 31.3 Å². The topological polar surface area (TPSA) is 67.9 Å². The van der Waals surface area contributed by atoms with Gasteiger partial charge in [0.25, 0.3) is 0 Å². The molecule has 2 aromatic carbocycles. The van der Waals surface area contributed by atoms with E-state index in [1.807, 2.05) is 31.2 Å². The molecule has 0 saturated heterocycles. The summed E-state index contributed by atoms with van der Waals surface area (Å²) in [6.07, 6.45) is 1.44. The standard InChI is InChI=1S/C21H24N2O4/c1-4-23-17-8-7-16(13-15(17)6-10-21(23)25)22-20(24)12-14-5-9-18(26-2)19(11-14)27-3/h5,7-9,11,13H,4,6,10,12H2,1-3H3,(H,22,24). The van der Waals surface area contributed by atoms with Gasteiger partial charge in [-0.05, 0) is 54.8 Å². The smallest absolute Gasteiger partial charge is 0.228 e. The van der Waals surface area contributed by atoms with Crippen molar-refractivity contribution in [3.8, 4) is 11.5 Å². The number of nitrogens with one attached hydrogen (secondary N) is 1. The lowest BCUT2D eigenvalue weighted by Gasteiger charge is -2.28. The molecule has 2 aromatic rings. The molecule has 0 radical (unpaired) electrons. The zero-order chi connectivity index (χ0) is 19.4. The first-order valence-corrected chi connectivity index (χ1v) is 8.99. The molecule has 0 unspecified atom stereocenters. The lowest BCUT2D eigenvalue weighted by molar-refractivity contribution is -0.119. The minimum Gasteiger partial charge on any atom is -0.493 e. The predicted octanol–water partition coefficient (Wildman–Crippen LogP) is 3.18. The average Bonchev–Trinajstić information content (AvgIpc) is 2.67. The zero-order valence-electron chi connectivity index (χ0n) is 15.9. The molecular formula is C21H24N2O4. The van der Waals surface area contributed by atoms with E-state index in [0.29, 0.717) is 30.9 Å². The van der Waals surface area contributed by atoms with E-state index in [9.17, 15) is 9.59 Å². The van der Waals surface area contributed by atoms with E-state index in [0.717, 1.165) is 22.5 Å². The van der Waals surface area contributed by atoms with Crippen LogP contribution in [0.2, 0.25) is 0 Å². The van der Waals surface area contributed by atoms with Crippen molar-refractivity contribution in [3.05, 3.63) is 47.5 Å². The molecular weight excluding hydrogens is 344 g/mol. The molecule has 0 bridgehead atoms. The van der Waals surface area contributed by atoms with Gasteiger partial charge in [0.05, 0.1) is 20.6 Å². The highest BCUT2D eigenvalue weighted by Crippen LogP contribution is 2.30. The van der Waals surface area contributed by atoms with Crippen LogP contribution in [0.15, 0.2) is 36.4 Å². The first kappa shape index (κ1) is 18.8. The van der Waals surface area contributed by atoms with E-state index >= 15 is 0 Å². The maximum Gasteiger partial charge on any atom is 0.228 e. The summed E-state index contributed by atoms with van der Waals surface area (Å²) in [6, 6.07) is 11.1. The van der Waals surface area contributed by atoms with Crippen LogP contribution >= 0.6 is 0 Å². The number of carbonyl (C=O) groups excluding carboxylic acids is 2. The summed E-state index contributed by atoms with van der Waals surface area (Å²) >= 11 is 0. The van der Waals surface area contributed by atoms with Crippen molar-refractivity contribution in [2.75, 3.05) is 31.0 Å². The fraction of sp³-hybridized carbons (Fsp3) is 0.333. The molecule has 2 amide bonds. The molecule has 1 aliphatic heterocycles. The molecule has 0 atom stereocenters. The van der Waals surface area contributed by atoms with Crippen LogP contribution in [0.4, 0.5) is 11.4 Å². The van der Waals surface area contributed by atoms with E-state index < -0.39 is 0 Å². The Morgan fingerprint density at radius 1 is 1.07 bits per heavy atom. The number of methoxy groups -OCH3 is 2. The first-order chi connectivity index (χ1) is 13.0. The maximum absolute atomic E-state index is 12.4. The van der Waals surface area contributed by atoms with Gasteiger partial charge < -0.3 is 19.7 Å². The number of nitrogens with zero attached hydrogens (tertiary/aromatic N) is 1. The number of aryl methyl sites for hydroxylation is 1. The number of amides is 2. The highest BCUT2D eigenvalue weighted by Gasteiger charge is 2.23. The second-order valence-corrected chi connectivity index (χ2v) is 6.40. The van der Waals surface area contributed by atoms with Gasteiger partial charge in [-0.15, -0.1) is 0 Å². The molecule has 142 valence electrons. The predicted molar refractivity (Wildman–Crippen MR) is 105 cm³/mol. The normalized spacial score (nSPS) is 13.1. The van der Waals surface area contributed by atoms with Crippen molar-refractivity contribution in [2.45, 2.75) is 26.2 Å². The Morgan fingerprint density at radius 3 is 2.56 bits per heavy atom. The minimum absolute atomic E-state index is 0.110. The van der Waals surface area contributed by atoms with Gasteiger partial charge in [-0.25, -0.2) is 0 Å². The third-order valence-corrected chi connectivity index (χ3v) is 4.69. The van der Waals surface area contributed by atoms with E-state index in [2.05, 4.69) is 5.32 Å². The van der Waals surface area contributed by atoms with Gasteiger partial charge >= 0.3 is 0 Å². The Balaban J connectivity index is 1.71. The molecule has 0 aromatic heterocycles. The van der Waals surface area contributed by atoms with Crippen LogP contribution in [-0.2, 0) is 22.4 Å². The fourth-order valence-corrected chi connectivity index (χ4v) is 3.37. The van der Waals surface area contributed by atoms with Gasteiger partial charge in [-0.1, -0.05) is 6.07 Å². The summed E-state index contributed by atoms with van der Waals surface area (Å²) in [4.78, 5) is 26.2. The molecule has 0 fully saturated rings. The number of hydrogen-bond acceptors (Lipinski definition) is 4. The molecule has 1 N–H and O–H groups in total. The highest BCUT2D eigenvalue weighted by atomic mass is 16.5. The Morgan fingerprint density at radius 2 is 1.85 bits per heavy atom. The second kappa shape index (κ2) is 8.12. The lowest BCUT2D eigenvalue weighted by atomic mass is 10.0. The Bertz CT molecular complexity index is 863. The van der Waals surface area contributed by atoms with Crippen molar-refractivity contribution >= 4 is 23.2 Å². The summed E-state index contributed by atoms with van der Waals surface area (Å²) in [5.74, 6) is 1.27. The number of anilines is 2. The van der Waals surface area contributed by atoms with Gasteiger partial charge in [0, 0.05) is 24.3 Å². The van der Waals surface area contributed by atoms with E-state index in [4.69, 9.17) is 9.47 Å². The van der Waals surface area contributed by atoms with Crippen LogP contribution in [0.3, 0.4) is 0 Å². The largest absolute Gasteiger partial charge is 0.493 e. The maximum atomic E-state index is 12.4. The third kappa shape index (κ3) is 4.05. The summed E-state index contributed by atoms with van der Waals surface area (Å²) in [6.45, 7) is 2.61. The minimum atomic E-state index is -0.110. The number of carbonyl (C=O) groups is 2. The van der Waals surface area contributed by atoms with Crippen LogP contribution < -0.4 is 19.7 Å². The quantitative estimate of drug-likeness (QED) is 0.850. The van der Waals surface area contributed by atoms with Crippen LogP contribution in [0.5, 0.6) is 11.5 Å². The summed E-state index contributed by atoms with van der Waals surface area (Å²) in [5, 5.41) is 2.94. The van der Waals surface area contributed by atoms with Crippen molar-refractivity contribution < 1.29 is 19.1 Å². The monoisotopic (exact) mass is 368 g/mol. The van der Waals surface area contributed by atoms with Crippen LogP contribution in [0.1, 0.15) is 24.5 Å². The Kier molecular flexibility index (Phi) is 5.64. The van der Waals surface area contributed by atoms with Crippen molar-refractivity contribution in [3.63, 3.8) is 0 Å². The third-order valence-electron chi connectivity index (χ3n) is 4.69. The second-order valence-electron chi connectivity index (χ2n) is 6.40. The van der Waals surface area contributed by atoms with E-state index in [-0.39, 0.29) is 18.2 Å². The lowest BCUT2D eigenvalue weighted by Crippen LogP contribution is -2.34. The van der Waals surface area contributed by atoms with Gasteiger partial charge in [0.2, 0.25) is 11.8 Å². The van der Waals surface area contributed by atoms with Crippen molar-refractivity contribution in [1.29, 1.82) is 0 Å². The number of fused-ring (bicyclic) bond motifs is 1. The number of benzene rings is 2. The molecule has 6 nitrogen and oxygen atoms in total.